The SMILES string of the molecule is NCc1cc(F)cc(CS(=O)(=O)c2cc(F)ccc2F)c1. The highest BCUT2D eigenvalue weighted by atomic mass is 32.2. The largest absolute Gasteiger partial charge is 0.326 e. The Balaban J connectivity index is 2.42. The Morgan fingerprint density at radius 1 is 0.905 bits per heavy atom. The zero-order valence-electron chi connectivity index (χ0n) is 10.8. The molecular formula is C14H12F3NO2S. The number of nitrogens with two attached hydrogens (primary N) is 1. The molecule has 3 nitrogen and oxygen atoms in total. The van der Waals surface area contributed by atoms with Crippen LogP contribution in [-0.4, -0.2) is 8.42 Å². The molecule has 0 radical (unpaired) electrons. The van der Waals surface area contributed by atoms with E-state index >= 15 is 0 Å². The van der Waals surface area contributed by atoms with E-state index in [2.05, 4.69) is 0 Å². The summed E-state index contributed by atoms with van der Waals surface area (Å²) in [6.07, 6.45) is 0. The van der Waals surface area contributed by atoms with E-state index in [0.717, 1.165) is 18.2 Å². The molecular weight excluding hydrogens is 303 g/mol. The van der Waals surface area contributed by atoms with Crippen LogP contribution in [0.5, 0.6) is 0 Å². The lowest BCUT2D eigenvalue weighted by molar-refractivity contribution is 0.552. The third kappa shape index (κ3) is 3.62. The van der Waals surface area contributed by atoms with Gasteiger partial charge in [-0.2, -0.15) is 0 Å². The molecule has 2 N–H and O–H groups in total. The fraction of sp³-hybridized carbons (Fsp3) is 0.143. The van der Waals surface area contributed by atoms with Crippen molar-refractivity contribution in [1.29, 1.82) is 0 Å². The van der Waals surface area contributed by atoms with Gasteiger partial charge < -0.3 is 5.73 Å². The third-order valence-corrected chi connectivity index (χ3v) is 4.53. The van der Waals surface area contributed by atoms with Crippen molar-refractivity contribution in [2.75, 3.05) is 0 Å². The normalized spacial score (nSPS) is 11.6. The van der Waals surface area contributed by atoms with Gasteiger partial charge in [-0.3, -0.25) is 0 Å². The minimum absolute atomic E-state index is 0.0408. The molecule has 2 aromatic carbocycles. The summed E-state index contributed by atoms with van der Waals surface area (Å²) in [5, 5.41) is 0. The van der Waals surface area contributed by atoms with Gasteiger partial charge in [0, 0.05) is 6.54 Å². The van der Waals surface area contributed by atoms with E-state index in [-0.39, 0.29) is 12.1 Å². The van der Waals surface area contributed by atoms with Crippen molar-refractivity contribution in [3.63, 3.8) is 0 Å². The van der Waals surface area contributed by atoms with Gasteiger partial charge in [0.15, 0.2) is 9.84 Å². The summed E-state index contributed by atoms with van der Waals surface area (Å²) in [7, 11) is -4.13. The van der Waals surface area contributed by atoms with E-state index in [1.54, 1.807) is 0 Å². The molecule has 112 valence electrons. The van der Waals surface area contributed by atoms with Crippen molar-refractivity contribution in [3.05, 3.63) is 65.0 Å². The van der Waals surface area contributed by atoms with Crippen molar-refractivity contribution in [2.24, 2.45) is 5.73 Å². The molecule has 0 bridgehead atoms. The Kier molecular flexibility index (Phi) is 4.34. The fourth-order valence-electron chi connectivity index (χ4n) is 1.93. The fourth-order valence-corrected chi connectivity index (χ4v) is 3.35. The van der Waals surface area contributed by atoms with Crippen LogP contribution < -0.4 is 5.73 Å². The van der Waals surface area contributed by atoms with E-state index in [0.29, 0.717) is 11.6 Å². The van der Waals surface area contributed by atoms with Gasteiger partial charge >= 0.3 is 0 Å². The summed E-state index contributed by atoms with van der Waals surface area (Å²) in [5.41, 5.74) is 5.92. The first-order chi connectivity index (χ1) is 9.81. The van der Waals surface area contributed by atoms with E-state index in [4.69, 9.17) is 5.73 Å². The van der Waals surface area contributed by atoms with Crippen molar-refractivity contribution in [1.82, 2.24) is 0 Å². The van der Waals surface area contributed by atoms with Crippen LogP contribution in [0.25, 0.3) is 0 Å². The molecule has 0 unspecified atom stereocenters. The molecule has 0 fully saturated rings. The number of sulfone groups is 1. The summed E-state index contributed by atoms with van der Waals surface area (Å²) >= 11 is 0. The monoisotopic (exact) mass is 315 g/mol. The molecule has 2 rings (SSSR count). The first-order valence-electron chi connectivity index (χ1n) is 5.98. The molecule has 0 saturated heterocycles. The summed E-state index contributed by atoms with van der Waals surface area (Å²) in [5.74, 6) is -3.19. The maximum atomic E-state index is 13.6. The molecule has 0 aromatic heterocycles. The minimum atomic E-state index is -4.13. The van der Waals surface area contributed by atoms with Gasteiger partial charge in [-0.25, -0.2) is 21.6 Å². The van der Waals surface area contributed by atoms with Gasteiger partial charge in [0.2, 0.25) is 0 Å². The minimum Gasteiger partial charge on any atom is -0.326 e. The zero-order valence-corrected chi connectivity index (χ0v) is 11.6. The molecule has 0 aliphatic rings. The predicted octanol–water partition coefficient (Wildman–Crippen LogP) is 2.54. The van der Waals surface area contributed by atoms with Gasteiger partial charge in [-0.1, -0.05) is 6.07 Å². The summed E-state index contributed by atoms with van der Waals surface area (Å²) < 4.78 is 64.2. The molecule has 0 saturated carbocycles. The first-order valence-corrected chi connectivity index (χ1v) is 7.63. The van der Waals surface area contributed by atoms with Crippen LogP contribution in [0.2, 0.25) is 0 Å². The number of benzene rings is 2. The Bertz CT molecular complexity index is 776. The molecule has 0 atom stereocenters. The number of hydrogen-bond acceptors (Lipinski definition) is 3. The maximum Gasteiger partial charge on any atom is 0.185 e. The predicted molar refractivity (Wildman–Crippen MR) is 71.5 cm³/mol. The highest BCUT2D eigenvalue weighted by molar-refractivity contribution is 7.90. The Morgan fingerprint density at radius 3 is 2.24 bits per heavy atom. The van der Waals surface area contributed by atoms with Crippen molar-refractivity contribution >= 4 is 9.84 Å². The average molecular weight is 315 g/mol. The summed E-state index contributed by atoms with van der Waals surface area (Å²) in [4.78, 5) is -0.749. The molecule has 0 amide bonds. The van der Waals surface area contributed by atoms with Crippen LogP contribution in [0.4, 0.5) is 13.2 Å². The third-order valence-electron chi connectivity index (χ3n) is 2.84. The van der Waals surface area contributed by atoms with Crippen molar-refractivity contribution in [3.8, 4) is 0 Å². The molecule has 0 aliphatic heterocycles. The van der Waals surface area contributed by atoms with Crippen LogP contribution in [0.15, 0.2) is 41.3 Å². The lowest BCUT2D eigenvalue weighted by Gasteiger charge is -2.08. The molecule has 0 heterocycles. The molecule has 0 aliphatic carbocycles. The molecule has 2 aromatic rings. The van der Waals surface area contributed by atoms with Gasteiger partial charge in [0.05, 0.1) is 5.75 Å². The average Bonchev–Trinajstić information content (AvgIpc) is 2.40. The van der Waals surface area contributed by atoms with Gasteiger partial charge in [0.1, 0.15) is 22.3 Å². The quantitative estimate of drug-likeness (QED) is 0.943. The van der Waals surface area contributed by atoms with E-state index in [9.17, 15) is 21.6 Å². The zero-order chi connectivity index (χ0) is 15.6. The Hall–Kier alpha value is -1.86. The van der Waals surface area contributed by atoms with Crippen LogP contribution in [0, 0.1) is 17.5 Å². The smallest absolute Gasteiger partial charge is 0.185 e. The lowest BCUT2D eigenvalue weighted by Crippen LogP contribution is -2.09. The number of halogens is 3. The molecule has 7 heteroatoms. The van der Waals surface area contributed by atoms with Crippen LogP contribution >= 0.6 is 0 Å². The van der Waals surface area contributed by atoms with E-state index < -0.39 is 37.9 Å². The highest BCUT2D eigenvalue weighted by Gasteiger charge is 2.21. The molecule has 21 heavy (non-hydrogen) atoms. The lowest BCUT2D eigenvalue weighted by atomic mass is 10.1. The van der Waals surface area contributed by atoms with Gasteiger partial charge in [-0.15, -0.1) is 0 Å². The number of rotatable bonds is 4. The second kappa shape index (κ2) is 5.87. The highest BCUT2D eigenvalue weighted by Crippen LogP contribution is 2.21. The Morgan fingerprint density at radius 2 is 1.57 bits per heavy atom. The first kappa shape index (κ1) is 15.5. The topological polar surface area (TPSA) is 60.2 Å². The second-order valence-corrected chi connectivity index (χ2v) is 6.46. The standard InChI is InChI=1S/C14H12F3NO2S/c15-11-1-2-13(17)14(6-11)21(19,20)8-10-3-9(7-18)4-12(16)5-10/h1-6H,7-8,18H2. The van der Waals surface area contributed by atoms with E-state index in [1.807, 2.05) is 0 Å². The van der Waals surface area contributed by atoms with Crippen LogP contribution in [-0.2, 0) is 22.1 Å². The van der Waals surface area contributed by atoms with Crippen molar-refractivity contribution in [2.45, 2.75) is 17.2 Å². The summed E-state index contributed by atoms with van der Waals surface area (Å²) in [6, 6.07) is 5.78. The van der Waals surface area contributed by atoms with E-state index in [1.165, 1.54) is 12.1 Å². The van der Waals surface area contributed by atoms with Crippen molar-refractivity contribution < 1.29 is 21.6 Å². The Labute approximate surface area is 120 Å². The van der Waals surface area contributed by atoms with Gasteiger partial charge in [0.25, 0.3) is 0 Å². The maximum absolute atomic E-state index is 13.6. The second-order valence-electron chi connectivity index (χ2n) is 4.51. The summed E-state index contributed by atoms with van der Waals surface area (Å²) in [6.45, 7) is 0.0408. The van der Waals surface area contributed by atoms with Gasteiger partial charge in [-0.05, 0) is 41.5 Å². The number of hydrogen-bond donors (Lipinski definition) is 1. The van der Waals surface area contributed by atoms with Crippen LogP contribution in [0.3, 0.4) is 0 Å². The van der Waals surface area contributed by atoms with Crippen LogP contribution in [0.1, 0.15) is 11.1 Å². The molecule has 0 spiro atoms.